The van der Waals surface area contributed by atoms with Crippen LogP contribution in [0.1, 0.15) is 34.1 Å². The summed E-state index contributed by atoms with van der Waals surface area (Å²) in [5.74, 6) is 0.873. The second-order valence-corrected chi connectivity index (χ2v) is 6.87. The molecule has 122 valence electrons. The fourth-order valence-electron chi connectivity index (χ4n) is 2.00. The number of aliphatic imine (C=N–C) groups is 1. The van der Waals surface area contributed by atoms with Gasteiger partial charge >= 0.3 is 6.09 Å². The highest BCUT2D eigenvalue weighted by atomic mass is 16.6. The zero-order valence-corrected chi connectivity index (χ0v) is 14.3. The Morgan fingerprint density at radius 1 is 1.48 bits per heavy atom. The van der Waals surface area contributed by atoms with Crippen molar-refractivity contribution in [3.05, 3.63) is 0 Å². The molecule has 1 N–H and O–H groups in total. The van der Waals surface area contributed by atoms with Gasteiger partial charge in [-0.05, 0) is 54.8 Å². The molecule has 0 aromatic heterocycles. The third kappa shape index (κ3) is 7.32. The SMILES string of the molecule is CC(CCN(C)C)NC1=NCCN(C(=O)OC(C)(C)C)C1. The average Bonchev–Trinajstić information content (AvgIpc) is 2.34. The first kappa shape index (κ1) is 17.8. The van der Waals surface area contributed by atoms with Crippen LogP contribution in [0.15, 0.2) is 4.99 Å². The minimum Gasteiger partial charge on any atom is -0.444 e. The molecule has 0 bridgehead atoms. The van der Waals surface area contributed by atoms with Gasteiger partial charge in [0, 0.05) is 12.6 Å². The molecule has 21 heavy (non-hydrogen) atoms. The van der Waals surface area contributed by atoms with Crippen LogP contribution in [-0.4, -0.2) is 73.6 Å². The first-order chi connectivity index (χ1) is 9.67. The zero-order chi connectivity index (χ0) is 16.0. The fraction of sp³-hybridized carbons (Fsp3) is 0.867. The highest BCUT2D eigenvalue weighted by molar-refractivity contribution is 5.88. The Morgan fingerprint density at radius 2 is 2.14 bits per heavy atom. The summed E-state index contributed by atoms with van der Waals surface area (Å²) in [6, 6.07) is 0.338. The lowest BCUT2D eigenvalue weighted by Crippen LogP contribution is -2.49. The van der Waals surface area contributed by atoms with Gasteiger partial charge in [0.25, 0.3) is 0 Å². The van der Waals surface area contributed by atoms with E-state index in [9.17, 15) is 4.79 Å². The van der Waals surface area contributed by atoms with Crippen molar-refractivity contribution < 1.29 is 9.53 Å². The number of carbonyl (C=O) groups excluding carboxylic acids is 1. The minimum atomic E-state index is -0.460. The molecule has 0 saturated heterocycles. The number of amidine groups is 1. The van der Waals surface area contributed by atoms with Crippen molar-refractivity contribution in [3.63, 3.8) is 0 Å². The second-order valence-electron chi connectivity index (χ2n) is 6.87. The van der Waals surface area contributed by atoms with E-state index in [1.807, 2.05) is 20.8 Å². The van der Waals surface area contributed by atoms with Crippen LogP contribution in [0.25, 0.3) is 0 Å². The molecule has 6 nitrogen and oxygen atoms in total. The van der Waals surface area contributed by atoms with Gasteiger partial charge in [0.05, 0.1) is 13.1 Å². The van der Waals surface area contributed by atoms with Crippen LogP contribution in [0, 0.1) is 0 Å². The lowest BCUT2D eigenvalue weighted by Gasteiger charge is -2.31. The van der Waals surface area contributed by atoms with Crippen LogP contribution in [0.3, 0.4) is 0 Å². The quantitative estimate of drug-likeness (QED) is 0.856. The topological polar surface area (TPSA) is 57.2 Å². The first-order valence-corrected chi connectivity index (χ1v) is 7.60. The lowest BCUT2D eigenvalue weighted by atomic mass is 10.2. The Kier molecular flexibility index (Phi) is 6.45. The van der Waals surface area contributed by atoms with Crippen LogP contribution >= 0.6 is 0 Å². The van der Waals surface area contributed by atoms with Crippen molar-refractivity contribution in [3.8, 4) is 0 Å². The lowest BCUT2D eigenvalue weighted by molar-refractivity contribution is 0.0276. The summed E-state index contributed by atoms with van der Waals surface area (Å²) in [7, 11) is 4.13. The molecule has 0 aromatic carbocycles. The molecule has 1 aliphatic heterocycles. The molecule has 1 atom stereocenters. The molecule has 0 aliphatic carbocycles. The van der Waals surface area contributed by atoms with Crippen molar-refractivity contribution >= 4 is 11.9 Å². The second kappa shape index (κ2) is 7.64. The highest BCUT2D eigenvalue weighted by Crippen LogP contribution is 2.11. The van der Waals surface area contributed by atoms with Gasteiger partial charge < -0.3 is 15.0 Å². The van der Waals surface area contributed by atoms with Crippen molar-refractivity contribution in [2.24, 2.45) is 4.99 Å². The summed E-state index contributed by atoms with van der Waals surface area (Å²) in [6.07, 6.45) is 0.774. The van der Waals surface area contributed by atoms with Crippen molar-refractivity contribution in [2.45, 2.75) is 45.8 Å². The van der Waals surface area contributed by atoms with Gasteiger partial charge in [-0.2, -0.15) is 0 Å². The maximum absolute atomic E-state index is 12.1. The summed E-state index contributed by atoms with van der Waals surface area (Å²) < 4.78 is 5.41. The number of amides is 1. The molecular weight excluding hydrogens is 268 g/mol. The minimum absolute atomic E-state index is 0.266. The van der Waals surface area contributed by atoms with Crippen molar-refractivity contribution in [1.82, 2.24) is 15.1 Å². The smallest absolute Gasteiger partial charge is 0.410 e. The Balaban J connectivity index is 2.44. The maximum Gasteiger partial charge on any atom is 0.410 e. The summed E-state index contributed by atoms with van der Waals surface area (Å²) in [6.45, 7) is 10.5. The predicted molar refractivity (Wildman–Crippen MR) is 85.9 cm³/mol. The largest absolute Gasteiger partial charge is 0.444 e. The van der Waals surface area contributed by atoms with Gasteiger partial charge in [-0.15, -0.1) is 0 Å². The van der Waals surface area contributed by atoms with Crippen LogP contribution in [-0.2, 0) is 4.74 Å². The highest BCUT2D eigenvalue weighted by Gasteiger charge is 2.25. The van der Waals surface area contributed by atoms with Gasteiger partial charge in [0.15, 0.2) is 0 Å². The predicted octanol–water partition coefficient (Wildman–Crippen LogP) is 1.57. The molecule has 1 unspecified atom stereocenters. The summed E-state index contributed by atoms with van der Waals surface area (Å²) in [5, 5.41) is 3.40. The molecule has 0 fully saturated rings. The van der Waals surface area contributed by atoms with Gasteiger partial charge in [-0.1, -0.05) is 0 Å². The molecule has 1 heterocycles. The number of rotatable bonds is 4. The van der Waals surface area contributed by atoms with E-state index in [4.69, 9.17) is 4.74 Å². The molecule has 0 spiro atoms. The van der Waals surface area contributed by atoms with Crippen LogP contribution in [0.2, 0.25) is 0 Å². The van der Waals surface area contributed by atoms with Gasteiger partial charge in [-0.3, -0.25) is 9.89 Å². The first-order valence-electron chi connectivity index (χ1n) is 7.60. The monoisotopic (exact) mass is 298 g/mol. The van der Waals surface area contributed by atoms with Crippen LogP contribution in [0.5, 0.6) is 0 Å². The number of nitrogens with zero attached hydrogens (tertiary/aromatic N) is 3. The van der Waals surface area contributed by atoms with Crippen LogP contribution < -0.4 is 5.32 Å². The van der Waals surface area contributed by atoms with E-state index in [2.05, 4.69) is 36.2 Å². The number of ether oxygens (including phenoxy) is 1. The zero-order valence-electron chi connectivity index (χ0n) is 14.3. The fourth-order valence-corrected chi connectivity index (χ4v) is 2.00. The van der Waals surface area contributed by atoms with E-state index in [1.165, 1.54) is 0 Å². The molecule has 0 radical (unpaired) electrons. The molecule has 1 aliphatic rings. The Bertz CT molecular complexity index is 374. The van der Waals surface area contributed by atoms with Gasteiger partial charge in [0.2, 0.25) is 0 Å². The third-order valence-electron chi connectivity index (χ3n) is 3.09. The van der Waals surface area contributed by atoms with E-state index >= 15 is 0 Å². The molecule has 1 amide bonds. The van der Waals surface area contributed by atoms with E-state index in [0.717, 1.165) is 18.8 Å². The summed E-state index contributed by atoms with van der Waals surface area (Å²) >= 11 is 0. The average molecular weight is 298 g/mol. The number of carbonyl (C=O) groups is 1. The number of hydrogen-bond donors (Lipinski definition) is 1. The van der Waals surface area contributed by atoms with E-state index in [0.29, 0.717) is 25.7 Å². The number of nitrogens with one attached hydrogen (secondary N) is 1. The molecule has 6 heteroatoms. The standard InChI is InChI=1S/C15H30N4O2/c1-12(7-9-18(5)6)17-13-11-19(10-8-16-13)14(20)21-15(2,3)4/h12H,7-11H2,1-6H3,(H,16,17). The third-order valence-corrected chi connectivity index (χ3v) is 3.09. The van der Waals surface area contributed by atoms with E-state index in [-0.39, 0.29) is 6.09 Å². The molecule has 1 rings (SSSR count). The maximum atomic E-state index is 12.1. The van der Waals surface area contributed by atoms with Crippen molar-refractivity contribution in [1.29, 1.82) is 0 Å². The van der Waals surface area contributed by atoms with E-state index < -0.39 is 5.60 Å². The van der Waals surface area contributed by atoms with Gasteiger partial charge in [0.1, 0.15) is 11.4 Å². The Hall–Kier alpha value is -1.30. The molecular formula is C15H30N4O2. The van der Waals surface area contributed by atoms with Crippen molar-refractivity contribution in [2.75, 3.05) is 40.3 Å². The summed E-state index contributed by atoms with van der Waals surface area (Å²) in [5.41, 5.74) is -0.460. The Labute approximate surface area is 128 Å². The van der Waals surface area contributed by atoms with E-state index in [1.54, 1.807) is 4.90 Å². The molecule has 0 saturated carbocycles. The Morgan fingerprint density at radius 3 is 2.71 bits per heavy atom. The van der Waals surface area contributed by atoms with Gasteiger partial charge in [-0.25, -0.2) is 4.79 Å². The summed E-state index contributed by atoms with van der Waals surface area (Å²) in [4.78, 5) is 20.4. The van der Waals surface area contributed by atoms with Crippen LogP contribution in [0.4, 0.5) is 4.79 Å². The molecule has 0 aromatic rings. The normalized spacial score (nSPS) is 17.5. The number of hydrogen-bond acceptors (Lipinski definition) is 5.